The summed E-state index contributed by atoms with van der Waals surface area (Å²) in [5, 5.41) is 0. The Labute approximate surface area is 182 Å². The lowest BCUT2D eigenvalue weighted by molar-refractivity contribution is 0.213. The number of likely N-dealkylation sites (N-methyl/N-ethyl adjacent to an activating group) is 1. The molecule has 1 aliphatic heterocycles. The number of guanidine groups is 1. The summed E-state index contributed by atoms with van der Waals surface area (Å²) in [7, 11) is 2.16. The van der Waals surface area contributed by atoms with Crippen molar-refractivity contribution in [3.8, 4) is 0 Å². The lowest BCUT2D eigenvalue weighted by Gasteiger charge is -2.33. The van der Waals surface area contributed by atoms with Crippen LogP contribution in [0.4, 0.5) is 0 Å². The van der Waals surface area contributed by atoms with E-state index in [4.69, 9.17) is 15.7 Å². The summed E-state index contributed by atoms with van der Waals surface area (Å²) in [6, 6.07) is 0.0593. The molecule has 1 atom stereocenters. The van der Waals surface area contributed by atoms with E-state index in [-0.39, 0.29) is 6.04 Å². The van der Waals surface area contributed by atoms with Gasteiger partial charge in [0.05, 0.1) is 6.04 Å². The van der Waals surface area contributed by atoms with Crippen molar-refractivity contribution in [3.05, 3.63) is 58.7 Å². The van der Waals surface area contributed by atoms with Crippen LogP contribution in [0.5, 0.6) is 0 Å². The minimum Gasteiger partial charge on any atom is -0.387 e. The molecule has 162 valence electrons. The molecule has 5 heteroatoms. The smallest absolute Gasteiger partial charge is 0.222 e. The monoisotopic (exact) mass is 407 g/mol. The maximum atomic E-state index is 6.30. The molecule has 0 spiro atoms. The summed E-state index contributed by atoms with van der Waals surface area (Å²) < 4.78 is 0. The summed E-state index contributed by atoms with van der Waals surface area (Å²) >= 11 is 0. The van der Waals surface area contributed by atoms with Gasteiger partial charge in [0.2, 0.25) is 5.96 Å². The van der Waals surface area contributed by atoms with Gasteiger partial charge in [0, 0.05) is 32.6 Å². The highest BCUT2D eigenvalue weighted by Gasteiger charge is 2.18. The van der Waals surface area contributed by atoms with Gasteiger partial charge in [0.1, 0.15) is 5.84 Å². The van der Waals surface area contributed by atoms with E-state index in [0.717, 1.165) is 57.8 Å². The van der Waals surface area contributed by atoms with E-state index >= 15 is 0 Å². The fourth-order valence-corrected chi connectivity index (χ4v) is 3.75. The van der Waals surface area contributed by atoms with Gasteiger partial charge in [-0.1, -0.05) is 47.6 Å². The van der Waals surface area contributed by atoms with Gasteiger partial charge in [-0.15, -0.1) is 0 Å². The van der Waals surface area contributed by atoms with Crippen LogP contribution in [0, 0.1) is 0 Å². The summed E-state index contributed by atoms with van der Waals surface area (Å²) in [5.41, 5.74) is 11.8. The van der Waals surface area contributed by atoms with Gasteiger partial charge in [-0.3, -0.25) is 0 Å². The lowest BCUT2D eigenvalue weighted by atomic mass is 9.96. The Morgan fingerprint density at radius 2 is 1.87 bits per heavy atom. The third-order valence-corrected chi connectivity index (χ3v) is 5.82. The highest BCUT2D eigenvalue weighted by molar-refractivity contribution is 5.95. The number of hydrogen-bond acceptors (Lipinski definition) is 2. The summed E-state index contributed by atoms with van der Waals surface area (Å²) in [6.45, 7) is 10.3. The number of hydrogen-bond donors (Lipinski definition) is 1. The molecule has 0 saturated carbocycles. The van der Waals surface area contributed by atoms with E-state index in [2.05, 4.69) is 74.1 Å². The predicted molar refractivity (Wildman–Crippen MR) is 129 cm³/mol. The Kier molecular flexibility index (Phi) is 7.86. The van der Waals surface area contributed by atoms with Gasteiger partial charge in [0.25, 0.3) is 0 Å². The van der Waals surface area contributed by atoms with Crippen LogP contribution in [-0.2, 0) is 0 Å². The molecule has 0 aromatic carbocycles. The fraction of sp³-hybridized carbons (Fsp3) is 0.520. The lowest BCUT2D eigenvalue weighted by Crippen LogP contribution is -2.47. The standard InChI is InChI=1S/C25H37N5/c1-19-5-8-22(9-6-19)10-7-21(3)27-25(30-15-13-29(4)14-16-30)28-24(26)12-11-23-17-20(2)18-23/h5,7-8,10,17-18,21H,6,9,11-16H2,1-4H3,(H2,26,27,28). The topological polar surface area (TPSA) is 57.2 Å². The van der Waals surface area contributed by atoms with E-state index in [1.165, 1.54) is 22.3 Å². The molecule has 3 rings (SSSR count). The van der Waals surface area contributed by atoms with E-state index in [1.54, 1.807) is 0 Å². The molecule has 0 radical (unpaired) electrons. The Morgan fingerprint density at radius 1 is 1.13 bits per heavy atom. The average Bonchev–Trinajstić information content (AvgIpc) is 2.70. The third kappa shape index (κ3) is 6.84. The van der Waals surface area contributed by atoms with Crippen LogP contribution in [0.3, 0.4) is 0 Å². The van der Waals surface area contributed by atoms with Crippen LogP contribution in [0.15, 0.2) is 68.7 Å². The van der Waals surface area contributed by atoms with Crippen molar-refractivity contribution in [2.24, 2.45) is 15.7 Å². The highest BCUT2D eigenvalue weighted by Crippen LogP contribution is 2.21. The molecule has 1 unspecified atom stereocenters. The van der Waals surface area contributed by atoms with Crippen molar-refractivity contribution < 1.29 is 0 Å². The number of nitrogens with two attached hydrogens (primary N) is 1. The van der Waals surface area contributed by atoms with E-state index < -0.39 is 0 Å². The zero-order valence-corrected chi connectivity index (χ0v) is 19.1. The quantitative estimate of drug-likeness (QED) is 0.530. The Bertz CT molecular complexity index is 830. The molecule has 1 saturated heterocycles. The molecule has 30 heavy (non-hydrogen) atoms. The summed E-state index contributed by atoms with van der Waals surface area (Å²) in [6.07, 6.45) is 17.2. The summed E-state index contributed by atoms with van der Waals surface area (Å²) in [5.74, 6) is 1.44. The molecule has 0 aromatic heterocycles. The van der Waals surface area contributed by atoms with Crippen LogP contribution >= 0.6 is 0 Å². The molecule has 1 fully saturated rings. The Hall–Kier alpha value is -2.40. The van der Waals surface area contributed by atoms with Crippen LogP contribution < -0.4 is 5.73 Å². The number of nitrogens with zero attached hydrogens (tertiary/aromatic N) is 4. The van der Waals surface area contributed by atoms with E-state index in [9.17, 15) is 0 Å². The molecular formula is C25H37N5. The first-order valence-electron chi connectivity index (χ1n) is 11.2. The second kappa shape index (κ2) is 10.6. The van der Waals surface area contributed by atoms with Gasteiger partial charge in [-0.25, -0.2) is 9.98 Å². The first-order valence-corrected chi connectivity index (χ1v) is 11.2. The zero-order chi connectivity index (χ0) is 21.5. The third-order valence-electron chi connectivity index (χ3n) is 5.82. The first-order chi connectivity index (χ1) is 14.4. The predicted octanol–water partition coefficient (Wildman–Crippen LogP) is 4.22. The Morgan fingerprint density at radius 3 is 2.50 bits per heavy atom. The van der Waals surface area contributed by atoms with E-state index in [1.807, 2.05) is 0 Å². The second-order valence-corrected chi connectivity index (χ2v) is 8.78. The molecule has 2 N–H and O–H groups in total. The minimum absolute atomic E-state index is 0.0593. The van der Waals surface area contributed by atoms with Gasteiger partial charge in [0.15, 0.2) is 0 Å². The van der Waals surface area contributed by atoms with Gasteiger partial charge in [-0.05, 0) is 58.2 Å². The van der Waals surface area contributed by atoms with Gasteiger partial charge in [-0.2, -0.15) is 0 Å². The van der Waals surface area contributed by atoms with Crippen molar-refractivity contribution in [2.75, 3.05) is 33.2 Å². The molecule has 0 aromatic rings. The average molecular weight is 408 g/mol. The maximum absolute atomic E-state index is 6.30. The molecule has 3 aliphatic rings. The first kappa shape index (κ1) is 22.3. The molecule has 0 bridgehead atoms. The molecule has 0 amide bonds. The highest BCUT2D eigenvalue weighted by atomic mass is 15.3. The maximum Gasteiger partial charge on any atom is 0.222 e. The van der Waals surface area contributed by atoms with Crippen molar-refractivity contribution in [3.63, 3.8) is 0 Å². The Balaban J connectivity index is 1.67. The SMILES string of the molecule is CC1=CC(CCC(N)=NC(=NC(C)C=CC2=CC=C(C)CC2)N2CCN(C)CC2)=C1. The fourth-order valence-electron chi connectivity index (χ4n) is 3.75. The molecular weight excluding hydrogens is 370 g/mol. The van der Waals surface area contributed by atoms with Crippen LogP contribution in [-0.4, -0.2) is 60.9 Å². The van der Waals surface area contributed by atoms with Gasteiger partial charge >= 0.3 is 0 Å². The molecule has 1 heterocycles. The van der Waals surface area contributed by atoms with Crippen molar-refractivity contribution in [1.82, 2.24) is 9.80 Å². The molecule has 2 aliphatic carbocycles. The summed E-state index contributed by atoms with van der Waals surface area (Å²) in [4.78, 5) is 14.3. The molecule has 5 nitrogen and oxygen atoms in total. The van der Waals surface area contributed by atoms with Crippen LogP contribution in [0.25, 0.3) is 0 Å². The van der Waals surface area contributed by atoms with Crippen molar-refractivity contribution in [1.29, 1.82) is 0 Å². The number of amidine groups is 1. The van der Waals surface area contributed by atoms with Crippen LogP contribution in [0.1, 0.15) is 46.5 Å². The van der Waals surface area contributed by atoms with Crippen molar-refractivity contribution >= 4 is 11.8 Å². The number of allylic oxidation sites excluding steroid dienone is 9. The minimum atomic E-state index is 0.0593. The number of aliphatic imine (C=N–C) groups is 2. The number of rotatable bonds is 6. The number of piperazine rings is 1. The largest absolute Gasteiger partial charge is 0.387 e. The van der Waals surface area contributed by atoms with Gasteiger partial charge < -0.3 is 15.5 Å². The van der Waals surface area contributed by atoms with E-state index in [0.29, 0.717) is 5.84 Å². The zero-order valence-electron chi connectivity index (χ0n) is 19.1. The van der Waals surface area contributed by atoms with Crippen molar-refractivity contribution in [2.45, 2.75) is 52.5 Å². The van der Waals surface area contributed by atoms with Crippen LogP contribution in [0.2, 0.25) is 0 Å². The normalized spacial score (nSPS) is 22.3. The second-order valence-electron chi connectivity index (χ2n) is 8.78.